The highest BCUT2D eigenvalue weighted by molar-refractivity contribution is 5.75. The van der Waals surface area contributed by atoms with Crippen LogP contribution >= 0.6 is 0 Å². The zero-order chi connectivity index (χ0) is 12.1. The first kappa shape index (κ1) is 14.4. The molecule has 3 heteroatoms. The summed E-state index contributed by atoms with van der Waals surface area (Å²) >= 11 is 0. The predicted molar refractivity (Wildman–Crippen MR) is 62.5 cm³/mol. The minimum Gasteiger partial charge on any atom is -0.393 e. The Hall–Kier alpha value is -0.570. The molecule has 0 heterocycles. The molecule has 0 aliphatic carbocycles. The molecule has 0 saturated carbocycles. The Bertz CT molecular complexity index is 198. The molecule has 90 valence electrons. The Labute approximate surface area is 93.3 Å². The second kappa shape index (κ2) is 6.11. The number of hydrogen-bond acceptors (Lipinski definition) is 2. The second-order valence-electron chi connectivity index (χ2n) is 5.31. The van der Waals surface area contributed by atoms with E-state index < -0.39 is 6.10 Å². The third-order valence-electron chi connectivity index (χ3n) is 3.09. The molecule has 0 aromatic heterocycles. The van der Waals surface area contributed by atoms with Crippen molar-refractivity contribution in [3.8, 4) is 0 Å². The van der Waals surface area contributed by atoms with Crippen LogP contribution in [0.4, 0.5) is 0 Å². The molecule has 0 fully saturated rings. The Balaban J connectivity index is 3.80. The maximum Gasteiger partial charge on any atom is 0.220 e. The summed E-state index contributed by atoms with van der Waals surface area (Å²) in [6.07, 6.45) is 0.550. The zero-order valence-corrected chi connectivity index (χ0v) is 10.6. The van der Waals surface area contributed by atoms with E-state index in [4.69, 9.17) is 5.11 Å². The minimum absolute atomic E-state index is 0.0321. The van der Waals surface area contributed by atoms with Crippen molar-refractivity contribution in [3.05, 3.63) is 0 Å². The molecule has 0 saturated heterocycles. The number of carbonyl (C=O) groups excluding carboxylic acids is 1. The van der Waals surface area contributed by atoms with E-state index >= 15 is 0 Å². The highest BCUT2D eigenvalue weighted by Crippen LogP contribution is 2.24. The van der Waals surface area contributed by atoms with Gasteiger partial charge in [-0.3, -0.25) is 4.79 Å². The van der Waals surface area contributed by atoms with Crippen LogP contribution in [0.1, 0.15) is 47.5 Å². The summed E-state index contributed by atoms with van der Waals surface area (Å²) in [7, 11) is 0. The van der Waals surface area contributed by atoms with Crippen molar-refractivity contribution in [2.45, 2.75) is 53.6 Å². The lowest BCUT2D eigenvalue weighted by Gasteiger charge is -2.29. The van der Waals surface area contributed by atoms with Gasteiger partial charge in [-0.1, -0.05) is 27.7 Å². The third kappa shape index (κ3) is 6.50. The second-order valence-corrected chi connectivity index (χ2v) is 5.31. The molecule has 15 heavy (non-hydrogen) atoms. The number of nitrogens with one attached hydrogen (secondary N) is 1. The smallest absolute Gasteiger partial charge is 0.220 e. The van der Waals surface area contributed by atoms with Crippen LogP contribution in [-0.4, -0.2) is 23.7 Å². The minimum atomic E-state index is -0.395. The van der Waals surface area contributed by atoms with Gasteiger partial charge in [0.2, 0.25) is 5.91 Å². The number of carbonyl (C=O) groups is 1. The molecular formula is C12H25NO2. The fraction of sp³-hybridized carbons (Fsp3) is 0.917. The first-order valence-corrected chi connectivity index (χ1v) is 5.70. The summed E-state index contributed by atoms with van der Waals surface area (Å²) in [4.78, 5) is 11.4. The van der Waals surface area contributed by atoms with Gasteiger partial charge >= 0.3 is 0 Å². The van der Waals surface area contributed by atoms with E-state index in [-0.39, 0.29) is 11.3 Å². The van der Waals surface area contributed by atoms with Crippen molar-refractivity contribution < 1.29 is 9.90 Å². The number of aliphatic hydroxyl groups is 1. The summed E-state index contributed by atoms with van der Waals surface area (Å²) < 4.78 is 0. The van der Waals surface area contributed by atoms with Crippen LogP contribution in [0.25, 0.3) is 0 Å². The highest BCUT2D eigenvalue weighted by Gasteiger charge is 2.22. The average molecular weight is 215 g/mol. The van der Waals surface area contributed by atoms with Crippen molar-refractivity contribution in [1.82, 2.24) is 5.32 Å². The van der Waals surface area contributed by atoms with E-state index in [0.717, 1.165) is 0 Å². The fourth-order valence-corrected chi connectivity index (χ4v) is 0.959. The topological polar surface area (TPSA) is 49.3 Å². The van der Waals surface area contributed by atoms with Gasteiger partial charge in [0, 0.05) is 13.0 Å². The van der Waals surface area contributed by atoms with Crippen LogP contribution in [0, 0.1) is 11.3 Å². The van der Waals surface area contributed by atoms with Gasteiger partial charge in [-0.25, -0.2) is 0 Å². The monoisotopic (exact) mass is 215 g/mol. The van der Waals surface area contributed by atoms with Gasteiger partial charge in [0.25, 0.3) is 0 Å². The Kier molecular flexibility index (Phi) is 5.88. The summed E-state index contributed by atoms with van der Waals surface area (Å²) in [5.74, 6) is 0.569. The molecule has 0 aromatic carbocycles. The van der Waals surface area contributed by atoms with Gasteiger partial charge in [-0.15, -0.1) is 0 Å². The Morgan fingerprint density at radius 3 is 2.27 bits per heavy atom. The lowest BCUT2D eigenvalue weighted by molar-refractivity contribution is -0.122. The van der Waals surface area contributed by atoms with E-state index in [2.05, 4.69) is 33.0 Å². The van der Waals surface area contributed by atoms with Crippen LogP contribution in [-0.2, 0) is 4.79 Å². The van der Waals surface area contributed by atoms with Gasteiger partial charge in [0.1, 0.15) is 0 Å². The zero-order valence-electron chi connectivity index (χ0n) is 10.6. The normalized spacial score (nSPS) is 14.1. The Morgan fingerprint density at radius 2 is 1.87 bits per heavy atom. The molecular weight excluding hydrogens is 190 g/mol. The SMILES string of the molecule is CC(O)CCC(=O)NCC(C)(C)C(C)C. The molecule has 0 radical (unpaired) electrons. The summed E-state index contributed by atoms with van der Waals surface area (Å²) in [6.45, 7) is 11.0. The van der Waals surface area contributed by atoms with Gasteiger partial charge in [-0.2, -0.15) is 0 Å². The van der Waals surface area contributed by atoms with Crippen LogP contribution in [0.15, 0.2) is 0 Å². The molecule has 0 spiro atoms. The molecule has 1 amide bonds. The molecule has 0 aliphatic rings. The molecule has 0 bridgehead atoms. The molecule has 2 N–H and O–H groups in total. The molecule has 3 nitrogen and oxygen atoms in total. The van der Waals surface area contributed by atoms with Crippen molar-refractivity contribution in [3.63, 3.8) is 0 Å². The summed E-state index contributed by atoms with van der Waals surface area (Å²) in [5.41, 5.74) is 0.125. The van der Waals surface area contributed by atoms with Crippen LogP contribution < -0.4 is 5.32 Å². The average Bonchev–Trinajstić information content (AvgIpc) is 2.11. The van der Waals surface area contributed by atoms with Gasteiger partial charge in [0.05, 0.1) is 6.10 Å². The molecule has 0 aliphatic heterocycles. The number of hydrogen-bond donors (Lipinski definition) is 2. The summed E-state index contributed by atoms with van der Waals surface area (Å²) in [5, 5.41) is 11.9. The maximum absolute atomic E-state index is 11.4. The van der Waals surface area contributed by atoms with E-state index in [0.29, 0.717) is 25.3 Å². The molecule has 1 atom stereocenters. The van der Waals surface area contributed by atoms with Crippen LogP contribution in [0.5, 0.6) is 0 Å². The van der Waals surface area contributed by atoms with Gasteiger partial charge in [0.15, 0.2) is 0 Å². The quantitative estimate of drug-likeness (QED) is 0.711. The number of aliphatic hydroxyl groups excluding tert-OH is 1. The highest BCUT2D eigenvalue weighted by atomic mass is 16.3. The van der Waals surface area contributed by atoms with Gasteiger partial charge < -0.3 is 10.4 Å². The Morgan fingerprint density at radius 1 is 1.33 bits per heavy atom. The van der Waals surface area contributed by atoms with E-state index in [1.807, 2.05) is 0 Å². The summed E-state index contributed by atoms with van der Waals surface area (Å²) in [6, 6.07) is 0. The maximum atomic E-state index is 11.4. The lowest BCUT2D eigenvalue weighted by atomic mass is 9.81. The number of amides is 1. The molecule has 0 aromatic rings. The first-order valence-electron chi connectivity index (χ1n) is 5.70. The van der Waals surface area contributed by atoms with E-state index in [1.165, 1.54) is 0 Å². The van der Waals surface area contributed by atoms with Crippen molar-refractivity contribution in [2.24, 2.45) is 11.3 Å². The standard InChI is InChI=1S/C12H25NO2/c1-9(2)12(4,5)8-13-11(15)7-6-10(3)14/h9-10,14H,6-8H2,1-5H3,(H,13,15). The molecule has 1 unspecified atom stereocenters. The fourth-order valence-electron chi connectivity index (χ4n) is 0.959. The molecule has 0 rings (SSSR count). The van der Waals surface area contributed by atoms with Crippen LogP contribution in [0.2, 0.25) is 0 Å². The number of rotatable bonds is 6. The van der Waals surface area contributed by atoms with E-state index in [1.54, 1.807) is 6.92 Å². The van der Waals surface area contributed by atoms with Gasteiger partial charge in [-0.05, 0) is 24.7 Å². The van der Waals surface area contributed by atoms with Crippen molar-refractivity contribution >= 4 is 5.91 Å². The first-order chi connectivity index (χ1) is 6.75. The van der Waals surface area contributed by atoms with E-state index in [9.17, 15) is 4.79 Å². The van der Waals surface area contributed by atoms with Crippen molar-refractivity contribution in [1.29, 1.82) is 0 Å². The third-order valence-corrected chi connectivity index (χ3v) is 3.09. The van der Waals surface area contributed by atoms with Crippen molar-refractivity contribution in [2.75, 3.05) is 6.54 Å². The van der Waals surface area contributed by atoms with Crippen LogP contribution in [0.3, 0.4) is 0 Å². The predicted octanol–water partition coefficient (Wildman–Crippen LogP) is 1.95. The largest absolute Gasteiger partial charge is 0.393 e. The lowest BCUT2D eigenvalue weighted by Crippen LogP contribution is -2.37.